The number of fused-ring (bicyclic) bond motifs is 1. The monoisotopic (exact) mass is 406 g/mol. The number of aromatic nitrogens is 3. The van der Waals surface area contributed by atoms with Gasteiger partial charge in [0.15, 0.2) is 6.10 Å². The van der Waals surface area contributed by atoms with Crippen LogP contribution < -0.4 is 9.47 Å². The molecular weight excluding hydrogens is 393 g/mol. The number of pyridine rings is 1. The van der Waals surface area contributed by atoms with Crippen molar-refractivity contribution >= 4 is 5.82 Å². The summed E-state index contributed by atoms with van der Waals surface area (Å²) >= 11 is 0. The Morgan fingerprint density at radius 2 is 1.93 bits per heavy atom. The van der Waals surface area contributed by atoms with Crippen molar-refractivity contribution in [3.63, 3.8) is 0 Å². The van der Waals surface area contributed by atoms with E-state index in [2.05, 4.69) is 9.97 Å². The third-order valence-electron chi connectivity index (χ3n) is 4.23. The van der Waals surface area contributed by atoms with Crippen molar-refractivity contribution < 1.29 is 27.6 Å². The van der Waals surface area contributed by atoms with Crippen molar-refractivity contribution in [3.05, 3.63) is 64.3 Å². The molecule has 3 aromatic rings. The third-order valence-corrected chi connectivity index (χ3v) is 4.23. The summed E-state index contributed by atoms with van der Waals surface area (Å²) in [5, 5.41) is 10.8. The summed E-state index contributed by atoms with van der Waals surface area (Å²) in [5.74, 6) is -0.0582. The van der Waals surface area contributed by atoms with E-state index in [1.54, 1.807) is 18.2 Å². The van der Waals surface area contributed by atoms with Crippen LogP contribution >= 0.6 is 0 Å². The van der Waals surface area contributed by atoms with Gasteiger partial charge >= 0.3 is 18.0 Å². The molecule has 1 aromatic carbocycles. The number of nitrogens with zero attached hydrogens (tertiary/aromatic N) is 4. The first kappa shape index (κ1) is 18.7. The maximum absolute atomic E-state index is 12.7. The first-order valence-corrected chi connectivity index (χ1v) is 8.45. The number of hydrogen-bond acceptors (Lipinski definition) is 6. The molecule has 8 nitrogen and oxygen atoms in total. The molecule has 29 heavy (non-hydrogen) atoms. The van der Waals surface area contributed by atoms with Crippen molar-refractivity contribution in [1.82, 2.24) is 14.5 Å². The van der Waals surface area contributed by atoms with Crippen LogP contribution in [0.4, 0.5) is 19.0 Å². The first-order chi connectivity index (χ1) is 13.8. The van der Waals surface area contributed by atoms with Gasteiger partial charge in [-0.25, -0.2) is 4.98 Å². The van der Waals surface area contributed by atoms with E-state index in [1.807, 2.05) is 0 Å². The van der Waals surface area contributed by atoms with E-state index in [0.717, 1.165) is 12.1 Å². The molecule has 4 rings (SSSR count). The number of halogens is 3. The Labute approximate surface area is 161 Å². The zero-order chi connectivity index (χ0) is 20.6. The Bertz CT molecular complexity index is 1050. The average molecular weight is 406 g/mol. The maximum Gasteiger partial charge on any atom is 0.416 e. The van der Waals surface area contributed by atoms with E-state index in [-0.39, 0.29) is 30.9 Å². The van der Waals surface area contributed by atoms with Crippen LogP contribution in [0.15, 0.2) is 48.7 Å². The van der Waals surface area contributed by atoms with E-state index in [1.165, 1.54) is 22.9 Å². The molecule has 0 fully saturated rings. The molecule has 2 aromatic heterocycles. The second kappa shape index (κ2) is 7.08. The van der Waals surface area contributed by atoms with Gasteiger partial charge < -0.3 is 19.6 Å². The molecule has 0 spiro atoms. The van der Waals surface area contributed by atoms with Crippen LogP contribution in [0.1, 0.15) is 5.56 Å². The molecule has 150 valence electrons. The SMILES string of the molecule is O=[N+]([O-])c1cn2c(n1)OC[C@@H](Oc1cccc(-c3ccc(C(F)(F)F)cc3)n1)C2. The first-order valence-electron chi connectivity index (χ1n) is 8.45. The van der Waals surface area contributed by atoms with E-state index in [4.69, 9.17) is 9.47 Å². The normalized spacial score (nSPS) is 16.0. The third kappa shape index (κ3) is 3.98. The summed E-state index contributed by atoms with van der Waals surface area (Å²) in [6.45, 7) is 0.405. The van der Waals surface area contributed by atoms with Gasteiger partial charge in [-0.05, 0) is 23.1 Å². The zero-order valence-corrected chi connectivity index (χ0v) is 14.7. The predicted molar refractivity (Wildman–Crippen MR) is 93.5 cm³/mol. The van der Waals surface area contributed by atoms with Crippen LogP contribution in [-0.4, -0.2) is 32.2 Å². The minimum absolute atomic E-state index is 0.125. The van der Waals surface area contributed by atoms with Crippen LogP contribution in [-0.2, 0) is 12.7 Å². The lowest BCUT2D eigenvalue weighted by Gasteiger charge is -2.22. The molecule has 0 aliphatic carbocycles. The molecular formula is C18H13F3N4O4. The average Bonchev–Trinajstić information content (AvgIpc) is 3.11. The van der Waals surface area contributed by atoms with Gasteiger partial charge in [0.1, 0.15) is 12.8 Å². The van der Waals surface area contributed by atoms with Gasteiger partial charge in [-0.3, -0.25) is 4.57 Å². The van der Waals surface area contributed by atoms with E-state index < -0.39 is 22.8 Å². The fourth-order valence-electron chi connectivity index (χ4n) is 2.87. The molecule has 0 N–H and O–H groups in total. The van der Waals surface area contributed by atoms with Crippen molar-refractivity contribution in [2.45, 2.75) is 18.8 Å². The molecule has 1 aliphatic heterocycles. The summed E-state index contributed by atoms with van der Waals surface area (Å²) in [7, 11) is 0. The number of hydrogen-bond donors (Lipinski definition) is 0. The Morgan fingerprint density at radius 1 is 1.17 bits per heavy atom. The number of benzene rings is 1. The van der Waals surface area contributed by atoms with Crippen LogP contribution in [0.3, 0.4) is 0 Å². The van der Waals surface area contributed by atoms with Gasteiger partial charge in [0.05, 0.1) is 17.8 Å². The standard InChI is InChI=1S/C18H13F3N4O4/c19-18(20,21)12-6-4-11(5-7-12)14-2-1-3-16(22-14)29-13-8-24-9-15(25(26)27)23-17(24)28-10-13/h1-7,9,13H,8,10H2/t13-/m0/s1. The molecule has 3 heterocycles. The van der Waals surface area contributed by atoms with Gasteiger partial charge in [-0.1, -0.05) is 18.2 Å². The van der Waals surface area contributed by atoms with Crippen molar-refractivity contribution in [3.8, 4) is 23.1 Å². The highest BCUT2D eigenvalue weighted by atomic mass is 19.4. The highest BCUT2D eigenvalue weighted by Crippen LogP contribution is 2.31. The second-order valence-corrected chi connectivity index (χ2v) is 6.28. The number of nitro groups is 1. The topological polar surface area (TPSA) is 92.3 Å². The Kier molecular flexibility index (Phi) is 4.57. The molecule has 0 bridgehead atoms. The Morgan fingerprint density at radius 3 is 2.62 bits per heavy atom. The highest BCUT2D eigenvalue weighted by molar-refractivity contribution is 5.60. The summed E-state index contributed by atoms with van der Waals surface area (Å²) in [4.78, 5) is 18.3. The molecule has 0 saturated carbocycles. The lowest BCUT2D eigenvalue weighted by atomic mass is 10.1. The number of ether oxygens (including phenoxy) is 2. The Balaban J connectivity index is 1.49. The molecule has 0 radical (unpaired) electrons. The van der Waals surface area contributed by atoms with Gasteiger partial charge in [-0.15, -0.1) is 0 Å². The molecule has 1 atom stereocenters. The van der Waals surface area contributed by atoms with Crippen LogP contribution in [0.2, 0.25) is 0 Å². The summed E-state index contributed by atoms with van der Waals surface area (Å²) in [6, 6.07) is 9.75. The van der Waals surface area contributed by atoms with E-state index in [0.29, 0.717) is 11.3 Å². The predicted octanol–water partition coefficient (Wildman–Crippen LogP) is 3.71. The summed E-state index contributed by atoms with van der Waals surface area (Å²) < 4.78 is 50.8. The van der Waals surface area contributed by atoms with Crippen molar-refractivity contribution in [1.29, 1.82) is 0 Å². The van der Waals surface area contributed by atoms with Crippen molar-refractivity contribution in [2.75, 3.05) is 6.61 Å². The minimum Gasteiger partial charge on any atom is -0.469 e. The fraction of sp³-hybridized carbons (Fsp3) is 0.222. The smallest absolute Gasteiger partial charge is 0.416 e. The molecule has 0 amide bonds. The number of alkyl halides is 3. The van der Waals surface area contributed by atoms with E-state index in [9.17, 15) is 23.3 Å². The van der Waals surface area contributed by atoms with Crippen molar-refractivity contribution in [2.24, 2.45) is 0 Å². The summed E-state index contributed by atoms with van der Waals surface area (Å²) in [5.41, 5.74) is 0.223. The fourth-order valence-corrected chi connectivity index (χ4v) is 2.87. The van der Waals surface area contributed by atoms with Crippen LogP contribution in [0.25, 0.3) is 11.3 Å². The molecule has 0 unspecified atom stereocenters. The minimum atomic E-state index is -4.40. The highest BCUT2D eigenvalue weighted by Gasteiger charge is 2.30. The Hall–Kier alpha value is -3.63. The zero-order valence-electron chi connectivity index (χ0n) is 14.7. The largest absolute Gasteiger partial charge is 0.469 e. The molecule has 0 saturated heterocycles. The van der Waals surface area contributed by atoms with Gasteiger partial charge in [-0.2, -0.15) is 13.2 Å². The maximum atomic E-state index is 12.7. The molecule has 11 heteroatoms. The lowest BCUT2D eigenvalue weighted by Crippen LogP contribution is -2.34. The van der Waals surface area contributed by atoms with Gasteiger partial charge in [0.2, 0.25) is 5.88 Å². The lowest BCUT2D eigenvalue weighted by molar-refractivity contribution is -0.389. The summed E-state index contributed by atoms with van der Waals surface area (Å²) in [6.07, 6.45) is -3.61. The second-order valence-electron chi connectivity index (χ2n) is 6.28. The number of rotatable bonds is 4. The van der Waals surface area contributed by atoms with Gasteiger partial charge in [0.25, 0.3) is 0 Å². The van der Waals surface area contributed by atoms with Gasteiger partial charge in [0, 0.05) is 16.6 Å². The van der Waals surface area contributed by atoms with E-state index >= 15 is 0 Å². The van der Waals surface area contributed by atoms with Crippen LogP contribution in [0.5, 0.6) is 11.9 Å². The quantitative estimate of drug-likeness (QED) is 0.485. The number of imidazole rings is 1. The van der Waals surface area contributed by atoms with Crippen LogP contribution in [0, 0.1) is 10.1 Å². The molecule has 1 aliphatic rings.